The van der Waals surface area contributed by atoms with Crippen LogP contribution in [0.3, 0.4) is 0 Å². The molecule has 2 amide bonds. The summed E-state index contributed by atoms with van der Waals surface area (Å²) >= 11 is 0. The van der Waals surface area contributed by atoms with Crippen molar-refractivity contribution in [1.29, 1.82) is 0 Å². The van der Waals surface area contributed by atoms with Gasteiger partial charge in [0.2, 0.25) is 0 Å². The summed E-state index contributed by atoms with van der Waals surface area (Å²) < 4.78 is 0. The minimum absolute atomic E-state index is 0.195. The van der Waals surface area contributed by atoms with Crippen molar-refractivity contribution in [3.05, 3.63) is 0 Å². The standard InChI is InChI=1S/C15H27N3O/c19-15(16-13-6-2-1-3-7-13)18-11-5-10-17-9-4-8-14(17)12-18/h13-14H,1-12H2,(H,16,19). The van der Waals surface area contributed by atoms with Crippen LogP contribution in [-0.2, 0) is 0 Å². The highest BCUT2D eigenvalue weighted by atomic mass is 16.2. The van der Waals surface area contributed by atoms with Gasteiger partial charge in [0, 0.05) is 31.7 Å². The maximum Gasteiger partial charge on any atom is 0.317 e. The summed E-state index contributed by atoms with van der Waals surface area (Å²) in [7, 11) is 0. The molecule has 19 heavy (non-hydrogen) atoms. The zero-order valence-electron chi connectivity index (χ0n) is 11.9. The molecule has 4 nitrogen and oxygen atoms in total. The Kier molecular flexibility index (Phi) is 4.26. The predicted octanol–water partition coefficient (Wildman–Crippen LogP) is 2.20. The number of urea groups is 1. The fourth-order valence-corrected chi connectivity index (χ4v) is 3.90. The summed E-state index contributed by atoms with van der Waals surface area (Å²) in [6.45, 7) is 4.30. The predicted molar refractivity (Wildman–Crippen MR) is 76.2 cm³/mol. The molecular formula is C15H27N3O. The average molecular weight is 265 g/mol. The molecule has 1 unspecified atom stereocenters. The van der Waals surface area contributed by atoms with E-state index in [0.717, 1.165) is 19.5 Å². The summed E-state index contributed by atoms with van der Waals surface area (Å²) in [6.07, 6.45) is 9.96. The molecule has 3 rings (SSSR count). The van der Waals surface area contributed by atoms with Crippen molar-refractivity contribution in [3.8, 4) is 0 Å². The largest absolute Gasteiger partial charge is 0.335 e. The fraction of sp³-hybridized carbons (Fsp3) is 0.933. The first-order valence-corrected chi connectivity index (χ1v) is 8.12. The minimum Gasteiger partial charge on any atom is -0.335 e. The lowest BCUT2D eigenvalue weighted by Crippen LogP contribution is -2.48. The normalized spacial score (nSPS) is 29.9. The third-order valence-corrected chi connectivity index (χ3v) is 5.02. The van der Waals surface area contributed by atoms with Crippen molar-refractivity contribution in [1.82, 2.24) is 15.1 Å². The first-order valence-electron chi connectivity index (χ1n) is 8.12. The van der Waals surface area contributed by atoms with Crippen molar-refractivity contribution in [2.24, 2.45) is 0 Å². The summed E-state index contributed by atoms with van der Waals surface area (Å²) in [5.41, 5.74) is 0. The van der Waals surface area contributed by atoms with Gasteiger partial charge in [-0.3, -0.25) is 4.90 Å². The van der Waals surface area contributed by atoms with Gasteiger partial charge in [0.1, 0.15) is 0 Å². The van der Waals surface area contributed by atoms with Gasteiger partial charge in [-0.15, -0.1) is 0 Å². The van der Waals surface area contributed by atoms with Gasteiger partial charge >= 0.3 is 6.03 Å². The third kappa shape index (κ3) is 3.22. The molecular weight excluding hydrogens is 238 g/mol. The van der Waals surface area contributed by atoms with Crippen LogP contribution in [0.5, 0.6) is 0 Å². The van der Waals surface area contributed by atoms with Crippen LogP contribution in [0.2, 0.25) is 0 Å². The highest BCUT2D eigenvalue weighted by Crippen LogP contribution is 2.22. The van der Waals surface area contributed by atoms with Gasteiger partial charge < -0.3 is 10.2 Å². The van der Waals surface area contributed by atoms with E-state index in [4.69, 9.17) is 0 Å². The molecule has 1 atom stereocenters. The number of hydrogen-bond acceptors (Lipinski definition) is 2. The van der Waals surface area contributed by atoms with Gasteiger partial charge in [0.05, 0.1) is 0 Å². The lowest BCUT2D eigenvalue weighted by atomic mass is 9.96. The van der Waals surface area contributed by atoms with Gasteiger partial charge in [0.15, 0.2) is 0 Å². The van der Waals surface area contributed by atoms with Gasteiger partial charge in [-0.25, -0.2) is 4.79 Å². The molecule has 3 fully saturated rings. The second-order valence-electron chi connectivity index (χ2n) is 6.42. The van der Waals surface area contributed by atoms with Crippen LogP contribution < -0.4 is 5.32 Å². The van der Waals surface area contributed by atoms with E-state index in [-0.39, 0.29) is 6.03 Å². The highest BCUT2D eigenvalue weighted by molar-refractivity contribution is 5.74. The Morgan fingerprint density at radius 3 is 2.53 bits per heavy atom. The monoisotopic (exact) mass is 265 g/mol. The zero-order valence-corrected chi connectivity index (χ0v) is 11.9. The van der Waals surface area contributed by atoms with Crippen molar-refractivity contribution >= 4 is 6.03 Å². The number of nitrogens with one attached hydrogen (secondary N) is 1. The van der Waals surface area contributed by atoms with Gasteiger partial charge in [-0.1, -0.05) is 19.3 Å². The van der Waals surface area contributed by atoms with Gasteiger partial charge in [-0.2, -0.15) is 0 Å². The summed E-state index contributed by atoms with van der Waals surface area (Å²) in [4.78, 5) is 17.1. The second-order valence-corrected chi connectivity index (χ2v) is 6.42. The molecule has 2 saturated heterocycles. The number of hydrogen-bond donors (Lipinski definition) is 1. The van der Waals surface area contributed by atoms with Crippen molar-refractivity contribution in [3.63, 3.8) is 0 Å². The zero-order chi connectivity index (χ0) is 13.1. The summed E-state index contributed by atoms with van der Waals surface area (Å²) in [6, 6.07) is 1.25. The third-order valence-electron chi connectivity index (χ3n) is 5.02. The number of rotatable bonds is 1. The average Bonchev–Trinajstić information content (AvgIpc) is 2.77. The Bertz CT molecular complexity index is 315. The van der Waals surface area contributed by atoms with Crippen LogP contribution in [0, 0.1) is 0 Å². The van der Waals surface area contributed by atoms with Crippen LogP contribution in [0.1, 0.15) is 51.4 Å². The van der Waals surface area contributed by atoms with E-state index in [1.54, 1.807) is 0 Å². The molecule has 0 aromatic rings. The smallest absolute Gasteiger partial charge is 0.317 e. The van der Waals surface area contributed by atoms with Gasteiger partial charge in [0.25, 0.3) is 0 Å². The molecule has 1 saturated carbocycles. The molecule has 0 radical (unpaired) electrons. The van der Waals surface area contributed by atoms with E-state index < -0.39 is 0 Å². The number of nitrogens with zero attached hydrogens (tertiary/aromatic N) is 2. The van der Waals surface area contributed by atoms with Crippen molar-refractivity contribution in [2.45, 2.75) is 63.5 Å². The van der Waals surface area contributed by atoms with Crippen molar-refractivity contribution in [2.75, 3.05) is 26.2 Å². The second kappa shape index (κ2) is 6.12. The molecule has 1 aliphatic carbocycles. The Morgan fingerprint density at radius 1 is 0.895 bits per heavy atom. The van der Waals surface area contributed by atoms with Crippen LogP contribution in [-0.4, -0.2) is 54.1 Å². The molecule has 4 heteroatoms. The van der Waals surface area contributed by atoms with E-state index in [1.165, 1.54) is 58.0 Å². The number of carbonyl (C=O) groups is 1. The maximum absolute atomic E-state index is 12.4. The Hall–Kier alpha value is -0.770. The van der Waals surface area contributed by atoms with Crippen LogP contribution in [0.25, 0.3) is 0 Å². The quantitative estimate of drug-likeness (QED) is 0.789. The number of fused-ring (bicyclic) bond motifs is 1. The maximum atomic E-state index is 12.4. The van der Waals surface area contributed by atoms with E-state index in [0.29, 0.717) is 12.1 Å². The molecule has 2 heterocycles. The molecule has 0 aromatic carbocycles. The van der Waals surface area contributed by atoms with Crippen LogP contribution in [0.4, 0.5) is 4.79 Å². The first kappa shape index (κ1) is 13.2. The molecule has 0 spiro atoms. The lowest BCUT2D eigenvalue weighted by molar-refractivity contribution is 0.181. The topological polar surface area (TPSA) is 35.6 Å². The Labute approximate surface area is 116 Å². The van der Waals surface area contributed by atoms with E-state index in [9.17, 15) is 4.79 Å². The molecule has 2 aliphatic heterocycles. The number of carbonyl (C=O) groups excluding carboxylic acids is 1. The van der Waals surface area contributed by atoms with E-state index in [2.05, 4.69) is 15.1 Å². The lowest BCUT2D eigenvalue weighted by Gasteiger charge is -2.29. The molecule has 0 bridgehead atoms. The molecule has 1 N–H and O–H groups in total. The Balaban J connectivity index is 1.53. The van der Waals surface area contributed by atoms with Crippen molar-refractivity contribution < 1.29 is 4.79 Å². The first-order chi connectivity index (χ1) is 9.33. The molecule has 108 valence electrons. The minimum atomic E-state index is 0.195. The Morgan fingerprint density at radius 2 is 1.68 bits per heavy atom. The highest BCUT2D eigenvalue weighted by Gasteiger charge is 2.31. The summed E-state index contributed by atoms with van der Waals surface area (Å²) in [5, 5.41) is 3.26. The molecule has 0 aromatic heterocycles. The van der Waals surface area contributed by atoms with Crippen LogP contribution in [0.15, 0.2) is 0 Å². The van der Waals surface area contributed by atoms with Crippen LogP contribution >= 0.6 is 0 Å². The summed E-state index contributed by atoms with van der Waals surface area (Å²) in [5.74, 6) is 0. The van der Waals surface area contributed by atoms with E-state index >= 15 is 0 Å². The van der Waals surface area contributed by atoms with E-state index in [1.807, 2.05) is 0 Å². The van der Waals surface area contributed by atoms with Gasteiger partial charge in [-0.05, 0) is 38.6 Å². The molecule has 3 aliphatic rings. The number of amides is 2. The SMILES string of the molecule is O=C(NC1CCCCC1)N1CCCN2CCCC2C1. The fourth-order valence-electron chi connectivity index (χ4n) is 3.90.